The van der Waals surface area contributed by atoms with E-state index in [1.807, 2.05) is 0 Å². The van der Waals surface area contributed by atoms with E-state index in [2.05, 4.69) is 15.7 Å². The molecule has 2 unspecified atom stereocenters. The largest absolute Gasteiger partial charge is 0.378 e. The number of benzene rings is 1. The van der Waals surface area contributed by atoms with Crippen LogP contribution in [0.4, 0.5) is 4.39 Å². The van der Waals surface area contributed by atoms with Crippen LogP contribution in [0.2, 0.25) is 0 Å². The van der Waals surface area contributed by atoms with Crippen LogP contribution in [0.25, 0.3) is 5.69 Å². The summed E-state index contributed by atoms with van der Waals surface area (Å²) in [6, 6.07) is 6.24. The molecule has 0 saturated carbocycles. The van der Waals surface area contributed by atoms with E-state index < -0.39 is 0 Å². The molecule has 6 nitrogen and oxygen atoms in total. The molecule has 1 saturated heterocycles. The molecule has 1 aliphatic rings. The van der Waals surface area contributed by atoms with Crippen LogP contribution in [-0.4, -0.2) is 48.0 Å². The molecule has 0 spiro atoms. The Labute approximate surface area is 133 Å². The summed E-state index contributed by atoms with van der Waals surface area (Å²) in [5.41, 5.74) is 1.34. The van der Waals surface area contributed by atoms with Crippen LogP contribution in [0, 0.1) is 12.7 Å². The highest BCUT2D eigenvalue weighted by atomic mass is 19.1. The fraction of sp³-hybridized carbons (Fsp3) is 0.375. The zero-order chi connectivity index (χ0) is 16.4. The van der Waals surface area contributed by atoms with Gasteiger partial charge in [-0.2, -0.15) is 5.10 Å². The monoisotopic (exact) mass is 318 g/mol. The molecular formula is C16H19FN4O2. The quantitative estimate of drug-likeness (QED) is 0.884. The van der Waals surface area contributed by atoms with E-state index in [0.717, 1.165) is 0 Å². The molecule has 2 atom stereocenters. The van der Waals surface area contributed by atoms with Crippen LogP contribution in [0.3, 0.4) is 0 Å². The van der Waals surface area contributed by atoms with E-state index in [1.165, 1.54) is 16.9 Å². The molecule has 23 heavy (non-hydrogen) atoms. The second-order valence-electron chi connectivity index (χ2n) is 5.52. The Bertz CT molecular complexity index is 716. The highest BCUT2D eigenvalue weighted by Gasteiger charge is 2.29. The maximum atomic E-state index is 13.9. The second kappa shape index (κ2) is 6.47. The number of ether oxygens (including phenoxy) is 1. The summed E-state index contributed by atoms with van der Waals surface area (Å²) < 4.78 is 20.7. The molecule has 2 heterocycles. The third kappa shape index (κ3) is 2.97. The van der Waals surface area contributed by atoms with Crippen molar-refractivity contribution in [2.24, 2.45) is 0 Å². The van der Waals surface area contributed by atoms with Crippen LogP contribution in [0.15, 0.2) is 30.5 Å². The summed E-state index contributed by atoms with van der Waals surface area (Å²) >= 11 is 0. The number of para-hydroxylation sites is 1. The van der Waals surface area contributed by atoms with Gasteiger partial charge < -0.3 is 15.4 Å². The lowest BCUT2D eigenvalue weighted by Crippen LogP contribution is -2.43. The fourth-order valence-corrected chi connectivity index (χ4v) is 2.79. The van der Waals surface area contributed by atoms with Gasteiger partial charge in [0.1, 0.15) is 11.5 Å². The predicted molar refractivity (Wildman–Crippen MR) is 83.2 cm³/mol. The van der Waals surface area contributed by atoms with Crippen molar-refractivity contribution in [3.63, 3.8) is 0 Å². The van der Waals surface area contributed by atoms with Gasteiger partial charge in [0.05, 0.1) is 29.6 Å². The van der Waals surface area contributed by atoms with Crippen molar-refractivity contribution < 1.29 is 13.9 Å². The van der Waals surface area contributed by atoms with Gasteiger partial charge in [0, 0.05) is 20.2 Å². The third-order valence-corrected chi connectivity index (χ3v) is 4.11. The van der Waals surface area contributed by atoms with Crippen molar-refractivity contribution in [1.29, 1.82) is 0 Å². The van der Waals surface area contributed by atoms with Gasteiger partial charge in [-0.05, 0) is 19.1 Å². The van der Waals surface area contributed by atoms with E-state index in [4.69, 9.17) is 4.74 Å². The summed E-state index contributed by atoms with van der Waals surface area (Å²) in [4.78, 5) is 12.5. The summed E-state index contributed by atoms with van der Waals surface area (Å²) in [7, 11) is 1.62. The summed E-state index contributed by atoms with van der Waals surface area (Å²) in [6.07, 6.45) is 1.40. The topological polar surface area (TPSA) is 68.2 Å². The number of nitrogens with one attached hydrogen (secondary N) is 2. The number of aromatic nitrogens is 2. The molecule has 3 rings (SSSR count). The molecule has 1 aliphatic heterocycles. The Kier molecular flexibility index (Phi) is 4.40. The lowest BCUT2D eigenvalue weighted by Gasteiger charge is -2.18. The van der Waals surface area contributed by atoms with Gasteiger partial charge >= 0.3 is 0 Å². The Morgan fingerprint density at radius 3 is 2.96 bits per heavy atom. The normalized spacial score (nSPS) is 20.7. The van der Waals surface area contributed by atoms with Crippen LogP contribution >= 0.6 is 0 Å². The molecule has 0 bridgehead atoms. The third-order valence-electron chi connectivity index (χ3n) is 4.11. The number of hydrogen-bond donors (Lipinski definition) is 2. The maximum Gasteiger partial charge on any atom is 0.255 e. The van der Waals surface area contributed by atoms with Crippen molar-refractivity contribution >= 4 is 5.91 Å². The molecule has 0 aliphatic carbocycles. The molecule has 0 radical (unpaired) electrons. The van der Waals surface area contributed by atoms with E-state index >= 15 is 0 Å². The highest BCUT2D eigenvalue weighted by Crippen LogP contribution is 2.17. The zero-order valence-corrected chi connectivity index (χ0v) is 13.0. The molecule has 2 N–H and O–H groups in total. The minimum Gasteiger partial charge on any atom is -0.378 e. The van der Waals surface area contributed by atoms with E-state index in [0.29, 0.717) is 30.0 Å². The lowest BCUT2D eigenvalue weighted by molar-refractivity contribution is 0.0779. The number of halogens is 1. The first-order valence-corrected chi connectivity index (χ1v) is 7.45. The fourth-order valence-electron chi connectivity index (χ4n) is 2.79. The first-order chi connectivity index (χ1) is 11.1. The minimum atomic E-state index is -0.384. The van der Waals surface area contributed by atoms with Gasteiger partial charge in [-0.25, -0.2) is 9.07 Å². The average Bonchev–Trinajstić information content (AvgIpc) is 3.14. The first-order valence-electron chi connectivity index (χ1n) is 7.45. The number of nitrogens with zero attached hydrogens (tertiary/aromatic N) is 2. The summed E-state index contributed by atoms with van der Waals surface area (Å²) in [6.45, 7) is 3.11. The minimum absolute atomic E-state index is 0.0548. The molecule has 1 aromatic heterocycles. The molecule has 1 amide bonds. The number of amides is 1. The molecule has 1 aromatic carbocycles. The molecular weight excluding hydrogens is 299 g/mol. The summed E-state index contributed by atoms with van der Waals surface area (Å²) in [5.74, 6) is -0.620. The Morgan fingerprint density at radius 1 is 1.43 bits per heavy atom. The second-order valence-corrected chi connectivity index (χ2v) is 5.52. The zero-order valence-electron chi connectivity index (χ0n) is 13.0. The lowest BCUT2D eigenvalue weighted by atomic mass is 10.2. The number of methoxy groups -OCH3 is 1. The Hall–Kier alpha value is -2.25. The van der Waals surface area contributed by atoms with E-state index in [1.54, 1.807) is 32.2 Å². The van der Waals surface area contributed by atoms with Crippen molar-refractivity contribution in [1.82, 2.24) is 20.4 Å². The van der Waals surface area contributed by atoms with Crippen LogP contribution in [0.1, 0.15) is 16.1 Å². The van der Waals surface area contributed by atoms with Gasteiger partial charge in [-0.1, -0.05) is 12.1 Å². The SMILES string of the molecule is COC1CNCC1NC(=O)c1cnn(-c2ccccc2F)c1C. The number of rotatable bonds is 4. The Morgan fingerprint density at radius 2 is 2.22 bits per heavy atom. The van der Waals surface area contributed by atoms with Gasteiger partial charge in [0.2, 0.25) is 0 Å². The molecule has 122 valence electrons. The highest BCUT2D eigenvalue weighted by molar-refractivity contribution is 5.95. The van der Waals surface area contributed by atoms with Crippen molar-refractivity contribution in [2.45, 2.75) is 19.1 Å². The van der Waals surface area contributed by atoms with Gasteiger partial charge in [0.25, 0.3) is 5.91 Å². The standard InChI is InChI=1S/C16H19FN4O2/c1-10-11(16(22)20-13-8-18-9-15(13)23-2)7-19-21(10)14-6-4-3-5-12(14)17/h3-7,13,15,18H,8-9H2,1-2H3,(H,20,22). The average molecular weight is 318 g/mol. The maximum absolute atomic E-state index is 13.9. The van der Waals surface area contributed by atoms with Gasteiger partial charge in [0.15, 0.2) is 0 Å². The number of carbonyl (C=O) groups excluding carboxylic acids is 1. The van der Waals surface area contributed by atoms with Crippen molar-refractivity contribution in [3.8, 4) is 5.69 Å². The molecule has 7 heteroatoms. The predicted octanol–water partition coefficient (Wildman–Crippen LogP) is 1.04. The van der Waals surface area contributed by atoms with Gasteiger partial charge in [-0.3, -0.25) is 4.79 Å². The van der Waals surface area contributed by atoms with Gasteiger partial charge in [-0.15, -0.1) is 0 Å². The van der Waals surface area contributed by atoms with E-state index in [-0.39, 0.29) is 23.9 Å². The number of hydrogen-bond acceptors (Lipinski definition) is 4. The molecule has 1 fully saturated rings. The first kappa shape index (κ1) is 15.6. The van der Waals surface area contributed by atoms with Crippen molar-refractivity contribution in [3.05, 3.63) is 47.5 Å². The Balaban J connectivity index is 1.82. The van der Waals surface area contributed by atoms with Crippen molar-refractivity contribution in [2.75, 3.05) is 20.2 Å². The number of carbonyl (C=O) groups is 1. The smallest absolute Gasteiger partial charge is 0.255 e. The van der Waals surface area contributed by atoms with E-state index in [9.17, 15) is 9.18 Å². The summed E-state index contributed by atoms with van der Waals surface area (Å²) in [5, 5.41) is 10.3. The van der Waals surface area contributed by atoms with Crippen LogP contribution in [0.5, 0.6) is 0 Å². The van der Waals surface area contributed by atoms with Crippen LogP contribution in [-0.2, 0) is 4.74 Å². The van der Waals surface area contributed by atoms with Crippen LogP contribution < -0.4 is 10.6 Å². The molecule has 2 aromatic rings.